The fourth-order valence-corrected chi connectivity index (χ4v) is 3.19. The maximum absolute atomic E-state index is 10.5. The van der Waals surface area contributed by atoms with Crippen LogP contribution in [-0.2, 0) is 6.42 Å². The topological polar surface area (TPSA) is 58.9 Å². The van der Waals surface area contributed by atoms with Gasteiger partial charge in [0.1, 0.15) is 0 Å². The minimum absolute atomic E-state index is 0.00844. The van der Waals surface area contributed by atoms with Crippen molar-refractivity contribution in [1.82, 2.24) is 0 Å². The van der Waals surface area contributed by atoms with Gasteiger partial charge in [-0.1, -0.05) is 41.9 Å². The summed E-state index contributed by atoms with van der Waals surface area (Å²) in [6.07, 6.45) is 12.6. The van der Waals surface area contributed by atoms with Gasteiger partial charge in [0.05, 0.1) is 14.2 Å². The van der Waals surface area contributed by atoms with Crippen LogP contribution in [0.25, 0.3) is 0 Å². The first-order chi connectivity index (χ1) is 13.8. The van der Waals surface area contributed by atoms with Gasteiger partial charge in [0, 0.05) is 11.1 Å². The molecule has 0 heterocycles. The van der Waals surface area contributed by atoms with Crippen LogP contribution < -0.4 is 9.47 Å². The van der Waals surface area contributed by atoms with Gasteiger partial charge in [-0.25, -0.2) is 0 Å². The van der Waals surface area contributed by atoms with Gasteiger partial charge in [-0.2, -0.15) is 0 Å². The first-order valence-corrected chi connectivity index (χ1v) is 10.4. The van der Waals surface area contributed by atoms with E-state index in [1.54, 1.807) is 6.92 Å². The maximum Gasteiger partial charge on any atom is 0.207 e. The van der Waals surface area contributed by atoms with E-state index in [0.29, 0.717) is 17.5 Å². The lowest BCUT2D eigenvalue weighted by atomic mass is 9.99. The molecule has 0 fully saturated rings. The van der Waals surface area contributed by atoms with Crippen molar-refractivity contribution in [3.05, 3.63) is 46.1 Å². The third-order valence-corrected chi connectivity index (χ3v) is 5.41. The summed E-state index contributed by atoms with van der Waals surface area (Å²) < 4.78 is 10.4. The Balaban J connectivity index is 2.75. The first-order valence-electron chi connectivity index (χ1n) is 10.4. The predicted molar refractivity (Wildman–Crippen MR) is 121 cm³/mol. The van der Waals surface area contributed by atoms with Crippen molar-refractivity contribution in [3.8, 4) is 23.0 Å². The minimum atomic E-state index is 0.00844. The average molecular weight is 403 g/mol. The standard InChI is InChI=1S/C25H38O4/c1-8-17(2)11-9-12-18(3)13-10-14-19(4)15-16-21-20(5)22(26)24(28-6)25(29-7)23(21)27/h11,13,15,26-27H,8-10,12,14,16H2,1-7H3/b17-11+,18-13+,19-15+. The van der Waals surface area contributed by atoms with Crippen LogP contribution in [0.15, 0.2) is 34.9 Å². The summed E-state index contributed by atoms with van der Waals surface area (Å²) in [5.41, 5.74) is 5.40. The molecule has 1 aromatic rings. The second kappa shape index (κ2) is 12.3. The molecule has 0 saturated carbocycles. The Labute approximate surface area is 176 Å². The summed E-state index contributed by atoms with van der Waals surface area (Å²) in [7, 11) is 2.89. The molecule has 2 N–H and O–H groups in total. The maximum atomic E-state index is 10.5. The van der Waals surface area contributed by atoms with Crippen LogP contribution in [0.3, 0.4) is 0 Å². The van der Waals surface area contributed by atoms with Crippen molar-refractivity contribution in [1.29, 1.82) is 0 Å². The SMILES string of the molecule is CC/C(C)=C/CC/C(C)=C/CC/C(C)=C/Cc1c(C)c(O)c(OC)c(OC)c1O. The first kappa shape index (κ1) is 24.7. The molecule has 0 aliphatic rings. The van der Waals surface area contributed by atoms with E-state index in [1.165, 1.54) is 30.9 Å². The zero-order valence-corrected chi connectivity index (χ0v) is 19.2. The van der Waals surface area contributed by atoms with Gasteiger partial charge in [-0.05, 0) is 66.2 Å². The Hall–Kier alpha value is -2.36. The van der Waals surface area contributed by atoms with Crippen molar-refractivity contribution in [2.75, 3.05) is 14.2 Å². The molecular formula is C25H38O4. The van der Waals surface area contributed by atoms with Gasteiger partial charge >= 0.3 is 0 Å². The van der Waals surface area contributed by atoms with Crippen LogP contribution >= 0.6 is 0 Å². The van der Waals surface area contributed by atoms with Gasteiger partial charge in [-0.15, -0.1) is 0 Å². The van der Waals surface area contributed by atoms with Crippen molar-refractivity contribution in [2.45, 2.75) is 73.1 Å². The summed E-state index contributed by atoms with van der Waals surface area (Å²) >= 11 is 0. The Morgan fingerprint density at radius 1 is 0.793 bits per heavy atom. The molecule has 0 aliphatic carbocycles. The van der Waals surface area contributed by atoms with Crippen LogP contribution in [-0.4, -0.2) is 24.4 Å². The molecule has 0 aliphatic heterocycles. The summed E-state index contributed by atoms with van der Waals surface area (Å²) in [6, 6.07) is 0. The van der Waals surface area contributed by atoms with E-state index in [2.05, 4.69) is 45.9 Å². The molecule has 0 spiro atoms. The van der Waals surface area contributed by atoms with Crippen LogP contribution in [0, 0.1) is 6.92 Å². The van der Waals surface area contributed by atoms with Crippen LogP contribution in [0.4, 0.5) is 0 Å². The lowest BCUT2D eigenvalue weighted by molar-refractivity contribution is 0.314. The molecule has 162 valence electrons. The van der Waals surface area contributed by atoms with Crippen LogP contribution in [0.5, 0.6) is 23.0 Å². The highest BCUT2D eigenvalue weighted by molar-refractivity contribution is 5.66. The van der Waals surface area contributed by atoms with E-state index in [4.69, 9.17) is 9.47 Å². The summed E-state index contributed by atoms with van der Waals surface area (Å²) in [5.74, 6) is 0.364. The van der Waals surface area contributed by atoms with Gasteiger partial charge in [0.25, 0.3) is 0 Å². The molecular weight excluding hydrogens is 364 g/mol. The van der Waals surface area contributed by atoms with E-state index >= 15 is 0 Å². The molecule has 0 radical (unpaired) electrons. The van der Waals surface area contributed by atoms with Crippen molar-refractivity contribution < 1.29 is 19.7 Å². The zero-order valence-electron chi connectivity index (χ0n) is 19.2. The molecule has 29 heavy (non-hydrogen) atoms. The molecule has 0 atom stereocenters. The molecule has 1 aromatic carbocycles. The van der Waals surface area contributed by atoms with Crippen molar-refractivity contribution in [3.63, 3.8) is 0 Å². The second-order valence-corrected chi connectivity index (χ2v) is 7.65. The number of phenolic OH excluding ortho intramolecular Hbond substituents is 2. The van der Waals surface area contributed by atoms with Gasteiger partial charge in [0.15, 0.2) is 11.5 Å². The predicted octanol–water partition coefficient (Wildman–Crippen LogP) is 6.78. The second-order valence-electron chi connectivity index (χ2n) is 7.65. The van der Waals surface area contributed by atoms with E-state index in [1.807, 2.05) is 0 Å². The smallest absolute Gasteiger partial charge is 0.207 e. The number of hydrogen-bond donors (Lipinski definition) is 2. The molecule has 0 saturated heterocycles. The van der Waals surface area contributed by atoms with Gasteiger partial charge in [0.2, 0.25) is 11.5 Å². The third kappa shape index (κ3) is 7.19. The monoisotopic (exact) mass is 402 g/mol. The molecule has 0 bridgehead atoms. The number of hydrogen-bond acceptors (Lipinski definition) is 4. The fourth-order valence-electron chi connectivity index (χ4n) is 3.19. The minimum Gasteiger partial charge on any atom is -0.504 e. The number of phenols is 2. The number of benzene rings is 1. The average Bonchev–Trinajstić information content (AvgIpc) is 2.70. The fraction of sp³-hybridized carbons (Fsp3) is 0.520. The lowest BCUT2D eigenvalue weighted by Crippen LogP contribution is -1.98. The number of ether oxygens (including phenoxy) is 2. The van der Waals surface area contributed by atoms with E-state index < -0.39 is 0 Å². The Bertz CT molecular complexity index is 770. The highest BCUT2D eigenvalue weighted by Crippen LogP contribution is 2.48. The Kier molecular flexibility index (Phi) is 10.4. The lowest BCUT2D eigenvalue weighted by Gasteiger charge is -2.17. The summed E-state index contributed by atoms with van der Waals surface area (Å²) in [5, 5.41) is 20.9. The highest BCUT2D eigenvalue weighted by atomic mass is 16.5. The van der Waals surface area contributed by atoms with Crippen LogP contribution in [0.2, 0.25) is 0 Å². The highest BCUT2D eigenvalue weighted by Gasteiger charge is 2.22. The van der Waals surface area contributed by atoms with E-state index in [-0.39, 0.29) is 23.0 Å². The Morgan fingerprint density at radius 3 is 1.79 bits per heavy atom. The number of methoxy groups -OCH3 is 2. The zero-order chi connectivity index (χ0) is 22.0. The third-order valence-electron chi connectivity index (χ3n) is 5.41. The van der Waals surface area contributed by atoms with E-state index in [0.717, 1.165) is 32.1 Å². The summed E-state index contributed by atoms with van der Waals surface area (Å²) in [4.78, 5) is 0. The molecule has 0 amide bonds. The largest absolute Gasteiger partial charge is 0.504 e. The molecule has 0 unspecified atom stereocenters. The van der Waals surface area contributed by atoms with Gasteiger partial charge < -0.3 is 19.7 Å². The molecule has 4 nitrogen and oxygen atoms in total. The Morgan fingerprint density at radius 2 is 1.28 bits per heavy atom. The molecule has 1 rings (SSSR count). The number of rotatable bonds is 11. The molecule has 4 heteroatoms. The number of allylic oxidation sites excluding steroid dienone is 6. The molecule has 0 aromatic heterocycles. The summed E-state index contributed by atoms with van der Waals surface area (Å²) in [6.45, 7) is 10.4. The van der Waals surface area contributed by atoms with Crippen LogP contribution in [0.1, 0.15) is 70.9 Å². The van der Waals surface area contributed by atoms with Gasteiger partial charge in [-0.3, -0.25) is 0 Å². The quantitative estimate of drug-likeness (QED) is 0.316. The van der Waals surface area contributed by atoms with E-state index in [9.17, 15) is 10.2 Å². The van der Waals surface area contributed by atoms with Crippen molar-refractivity contribution in [2.24, 2.45) is 0 Å². The normalized spacial score (nSPS) is 13.0. The number of aromatic hydroxyl groups is 2. The van der Waals surface area contributed by atoms with Crippen molar-refractivity contribution >= 4 is 0 Å².